The van der Waals surface area contributed by atoms with E-state index in [9.17, 15) is 9.59 Å². The fraction of sp³-hybridized carbons (Fsp3) is 0.231. The zero-order chi connectivity index (χ0) is 15.0. The topological polar surface area (TPSA) is 114 Å². The van der Waals surface area contributed by atoms with Gasteiger partial charge in [0.05, 0.1) is 17.8 Å². The maximum absolute atomic E-state index is 11.4. The number of aromatic carboxylic acids is 1. The Morgan fingerprint density at radius 3 is 2.62 bits per heavy atom. The van der Waals surface area contributed by atoms with Crippen LogP contribution >= 0.6 is 0 Å². The van der Waals surface area contributed by atoms with Crippen LogP contribution < -0.4 is 10.6 Å². The van der Waals surface area contributed by atoms with E-state index in [1.54, 1.807) is 12.1 Å². The fourth-order valence-corrected chi connectivity index (χ4v) is 2.33. The van der Waals surface area contributed by atoms with Gasteiger partial charge in [-0.2, -0.15) is 0 Å². The number of hydrogen-bond donors (Lipinski definition) is 2. The Morgan fingerprint density at radius 1 is 1.29 bits per heavy atom. The van der Waals surface area contributed by atoms with Crippen molar-refractivity contribution in [3.8, 4) is 0 Å². The molecule has 8 heteroatoms. The molecule has 1 saturated heterocycles. The fourth-order valence-electron chi connectivity index (χ4n) is 2.33. The summed E-state index contributed by atoms with van der Waals surface area (Å²) in [6.07, 6.45) is 1.41. The van der Waals surface area contributed by atoms with Crippen LogP contribution in [-0.2, 0) is 0 Å². The van der Waals surface area contributed by atoms with Gasteiger partial charge in [0.2, 0.25) is 0 Å². The van der Waals surface area contributed by atoms with Gasteiger partial charge in [-0.3, -0.25) is 4.79 Å². The molecule has 1 aliphatic rings. The summed E-state index contributed by atoms with van der Waals surface area (Å²) in [4.78, 5) is 24.2. The molecule has 1 aliphatic heterocycles. The number of amides is 1. The lowest BCUT2D eigenvalue weighted by atomic mass is 10.0. The minimum absolute atomic E-state index is 0.0338. The molecule has 108 valence electrons. The van der Waals surface area contributed by atoms with Crippen molar-refractivity contribution in [1.29, 1.82) is 0 Å². The van der Waals surface area contributed by atoms with E-state index in [4.69, 9.17) is 10.8 Å². The first-order chi connectivity index (χ1) is 10.1. The van der Waals surface area contributed by atoms with E-state index < -0.39 is 11.9 Å². The predicted octanol–water partition coefficient (Wildman–Crippen LogP) is 0.136. The maximum Gasteiger partial charge on any atom is 0.358 e. The van der Waals surface area contributed by atoms with Gasteiger partial charge in [-0.15, -0.1) is 5.10 Å². The molecule has 0 saturated carbocycles. The number of carbonyl (C=O) groups is 2. The average Bonchev–Trinajstić information content (AvgIpc) is 2.87. The van der Waals surface area contributed by atoms with Crippen LogP contribution in [-0.4, -0.2) is 45.1 Å². The van der Waals surface area contributed by atoms with Crippen molar-refractivity contribution in [1.82, 2.24) is 15.0 Å². The number of carboxylic acids is 1. The number of carboxylic acid groups (broad SMARTS) is 1. The summed E-state index contributed by atoms with van der Waals surface area (Å²) in [5, 5.41) is 16.2. The molecule has 3 rings (SSSR count). The average molecular weight is 287 g/mol. The van der Waals surface area contributed by atoms with Crippen molar-refractivity contribution >= 4 is 17.6 Å². The lowest BCUT2D eigenvalue weighted by Gasteiger charge is -2.41. The minimum Gasteiger partial charge on any atom is -0.476 e. The van der Waals surface area contributed by atoms with Gasteiger partial charge in [-0.05, 0) is 12.1 Å². The van der Waals surface area contributed by atoms with Crippen LogP contribution in [0, 0.1) is 0 Å². The molecular weight excluding hydrogens is 274 g/mol. The van der Waals surface area contributed by atoms with Crippen molar-refractivity contribution in [2.45, 2.75) is 6.04 Å². The second-order valence-corrected chi connectivity index (χ2v) is 4.83. The highest BCUT2D eigenvalue weighted by Gasteiger charge is 2.31. The summed E-state index contributed by atoms with van der Waals surface area (Å²) in [5.74, 6) is -1.57. The summed E-state index contributed by atoms with van der Waals surface area (Å²) in [6.45, 7) is 1.24. The highest BCUT2D eigenvalue weighted by Crippen LogP contribution is 2.29. The van der Waals surface area contributed by atoms with E-state index in [0.717, 1.165) is 5.69 Å². The standard InChI is InChI=1S/C13H13N5O3/c14-12(19)9-3-1-2-4-11(9)17-5-8(6-17)18-7-10(13(20)21)15-16-18/h1-4,7-8H,5-6H2,(H2,14,19)(H,20,21). The molecule has 0 radical (unpaired) electrons. The zero-order valence-corrected chi connectivity index (χ0v) is 11.0. The molecule has 1 aromatic carbocycles. The Morgan fingerprint density at radius 2 is 2.00 bits per heavy atom. The summed E-state index contributed by atoms with van der Waals surface area (Å²) >= 11 is 0. The number of hydrogen-bond acceptors (Lipinski definition) is 5. The third-order valence-corrected chi connectivity index (χ3v) is 3.48. The number of benzene rings is 1. The molecule has 2 heterocycles. The summed E-state index contributed by atoms with van der Waals surface area (Å²) in [5.41, 5.74) is 6.53. The number of carbonyl (C=O) groups excluding carboxylic acids is 1. The SMILES string of the molecule is NC(=O)c1ccccc1N1CC(n2cc(C(=O)O)nn2)C1. The van der Waals surface area contributed by atoms with Gasteiger partial charge in [-0.25, -0.2) is 9.48 Å². The van der Waals surface area contributed by atoms with Crippen molar-refractivity contribution in [2.75, 3.05) is 18.0 Å². The molecule has 0 aliphatic carbocycles. The highest BCUT2D eigenvalue weighted by atomic mass is 16.4. The van der Waals surface area contributed by atoms with Crippen LogP contribution in [0.3, 0.4) is 0 Å². The van der Waals surface area contributed by atoms with Gasteiger partial charge in [0.15, 0.2) is 5.69 Å². The summed E-state index contributed by atoms with van der Waals surface area (Å²) in [7, 11) is 0. The van der Waals surface area contributed by atoms with E-state index in [1.165, 1.54) is 10.9 Å². The Bertz CT molecular complexity index is 705. The number of aromatic nitrogens is 3. The maximum atomic E-state index is 11.4. The predicted molar refractivity (Wildman–Crippen MR) is 73.2 cm³/mol. The molecule has 1 aromatic heterocycles. The molecule has 1 amide bonds. The quantitative estimate of drug-likeness (QED) is 0.826. The largest absolute Gasteiger partial charge is 0.476 e. The third-order valence-electron chi connectivity index (χ3n) is 3.48. The van der Waals surface area contributed by atoms with Gasteiger partial charge in [0.1, 0.15) is 0 Å². The van der Waals surface area contributed by atoms with Crippen molar-refractivity contribution in [3.63, 3.8) is 0 Å². The zero-order valence-electron chi connectivity index (χ0n) is 11.0. The Labute approximate surface area is 119 Å². The molecular formula is C13H13N5O3. The summed E-state index contributed by atoms with van der Waals surface area (Å²) in [6, 6.07) is 7.15. The van der Waals surface area contributed by atoms with E-state index in [0.29, 0.717) is 18.7 Å². The Balaban J connectivity index is 1.73. The van der Waals surface area contributed by atoms with Gasteiger partial charge < -0.3 is 15.7 Å². The lowest BCUT2D eigenvalue weighted by Crippen LogP contribution is -2.48. The van der Waals surface area contributed by atoms with Crippen LogP contribution in [0.1, 0.15) is 26.9 Å². The number of nitrogens with zero attached hydrogens (tertiary/aromatic N) is 4. The first-order valence-corrected chi connectivity index (χ1v) is 6.35. The van der Waals surface area contributed by atoms with Crippen LogP contribution in [0.4, 0.5) is 5.69 Å². The Hall–Kier alpha value is -2.90. The van der Waals surface area contributed by atoms with Crippen LogP contribution in [0.25, 0.3) is 0 Å². The van der Waals surface area contributed by atoms with Gasteiger partial charge in [-0.1, -0.05) is 17.3 Å². The highest BCUT2D eigenvalue weighted by molar-refractivity contribution is 5.98. The van der Waals surface area contributed by atoms with E-state index in [2.05, 4.69) is 10.3 Å². The van der Waals surface area contributed by atoms with Gasteiger partial charge in [0.25, 0.3) is 5.91 Å². The number of nitrogens with two attached hydrogens (primary N) is 1. The number of anilines is 1. The van der Waals surface area contributed by atoms with Gasteiger partial charge >= 0.3 is 5.97 Å². The van der Waals surface area contributed by atoms with E-state index in [-0.39, 0.29) is 11.7 Å². The molecule has 21 heavy (non-hydrogen) atoms. The molecule has 0 atom stereocenters. The third kappa shape index (κ3) is 2.31. The molecule has 0 unspecified atom stereocenters. The Kier molecular flexibility index (Phi) is 3.05. The van der Waals surface area contributed by atoms with Crippen molar-refractivity contribution in [2.24, 2.45) is 5.73 Å². The summed E-state index contributed by atoms with van der Waals surface area (Å²) < 4.78 is 1.53. The lowest BCUT2D eigenvalue weighted by molar-refractivity contribution is 0.0690. The second kappa shape index (κ2) is 4.89. The first kappa shape index (κ1) is 13.1. The molecule has 1 fully saturated rings. The van der Waals surface area contributed by atoms with Crippen LogP contribution in [0.2, 0.25) is 0 Å². The smallest absolute Gasteiger partial charge is 0.358 e. The minimum atomic E-state index is -1.10. The normalized spacial score (nSPS) is 14.8. The monoisotopic (exact) mass is 287 g/mol. The number of rotatable bonds is 4. The van der Waals surface area contributed by atoms with E-state index >= 15 is 0 Å². The van der Waals surface area contributed by atoms with Crippen LogP contribution in [0.5, 0.6) is 0 Å². The van der Waals surface area contributed by atoms with Gasteiger partial charge in [0, 0.05) is 18.8 Å². The van der Waals surface area contributed by atoms with E-state index in [1.807, 2.05) is 17.0 Å². The molecule has 0 spiro atoms. The number of primary amides is 1. The molecule has 0 bridgehead atoms. The first-order valence-electron chi connectivity index (χ1n) is 6.35. The molecule has 3 N–H and O–H groups in total. The van der Waals surface area contributed by atoms with Crippen molar-refractivity contribution < 1.29 is 14.7 Å². The molecule has 2 aromatic rings. The van der Waals surface area contributed by atoms with Crippen molar-refractivity contribution in [3.05, 3.63) is 41.7 Å². The second-order valence-electron chi connectivity index (χ2n) is 4.83. The number of para-hydroxylation sites is 1. The van der Waals surface area contributed by atoms with Crippen LogP contribution in [0.15, 0.2) is 30.5 Å². The molecule has 8 nitrogen and oxygen atoms in total.